The SMILES string of the molecule is Cc1ccccc1OCC(=O)N[C@H](CC(C)C)C(=O)N/N=C\c1ccc(Br)cc1. The first-order valence-corrected chi connectivity index (χ1v) is 10.2. The number of para-hydroxylation sites is 1. The molecule has 0 saturated heterocycles. The number of nitrogens with zero attached hydrogens (tertiary/aromatic N) is 1. The molecule has 6 nitrogen and oxygen atoms in total. The minimum atomic E-state index is -0.690. The molecule has 29 heavy (non-hydrogen) atoms. The quantitative estimate of drug-likeness (QED) is 0.441. The lowest BCUT2D eigenvalue weighted by Gasteiger charge is -2.19. The van der Waals surface area contributed by atoms with Crippen LogP contribution in [0.4, 0.5) is 0 Å². The zero-order valence-electron chi connectivity index (χ0n) is 16.8. The molecule has 2 aromatic rings. The molecule has 0 aromatic heterocycles. The summed E-state index contributed by atoms with van der Waals surface area (Å²) in [5, 5.41) is 6.73. The highest BCUT2D eigenvalue weighted by Crippen LogP contribution is 2.16. The van der Waals surface area contributed by atoms with Gasteiger partial charge in [0.15, 0.2) is 6.61 Å². The molecule has 7 heteroatoms. The molecule has 0 heterocycles. The Hall–Kier alpha value is -2.67. The molecule has 2 amide bonds. The van der Waals surface area contributed by atoms with Gasteiger partial charge in [-0.3, -0.25) is 9.59 Å². The third-order valence-electron chi connectivity index (χ3n) is 4.07. The number of carbonyl (C=O) groups is 2. The number of hydrogen-bond donors (Lipinski definition) is 2. The van der Waals surface area contributed by atoms with Crippen LogP contribution in [-0.4, -0.2) is 30.7 Å². The van der Waals surface area contributed by atoms with E-state index in [-0.39, 0.29) is 24.3 Å². The normalized spacial score (nSPS) is 12.0. The van der Waals surface area contributed by atoms with Gasteiger partial charge in [0.25, 0.3) is 11.8 Å². The van der Waals surface area contributed by atoms with Gasteiger partial charge >= 0.3 is 0 Å². The highest BCUT2D eigenvalue weighted by molar-refractivity contribution is 9.10. The van der Waals surface area contributed by atoms with Crippen LogP contribution < -0.4 is 15.5 Å². The van der Waals surface area contributed by atoms with Gasteiger partial charge in [0.1, 0.15) is 11.8 Å². The molecule has 0 saturated carbocycles. The highest BCUT2D eigenvalue weighted by Gasteiger charge is 2.22. The van der Waals surface area contributed by atoms with E-state index >= 15 is 0 Å². The van der Waals surface area contributed by atoms with Gasteiger partial charge < -0.3 is 10.1 Å². The molecule has 154 valence electrons. The van der Waals surface area contributed by atoms with Crippen LogP contribution in [0.15, 0.2) is 58.1 Å². The van der Waals surface area contributed by atoms with Gasteiger partial charge in [-0.05, 0) is 48.6 Å². The molecular formula is C22H26BrN3O3. The van der Waals surface area contributed by atoms with Gasteiger partial charge in [-0.1, -0.05) is 60.1 Å². The number of halogens is 1. The summed E-state index contributed by atoms with van der Waals surface area (Å²) in [6, 6.07) is 14.3. The fourth-order valence-electron chi connectivity index (χ4n) is 2.60. The molecule has 0 fully saturated rings. The molecule has 0 bridgehead atoms. The first kappa shape index (κ1) is 22.6. The minimum absolute atomic E-state index is 0.158. The van der Waals surface area contributed by atoms with E-state index in [1.807, 2.05) is 63.2 Å². The maximum absolute atomic E-state index is 12.5. The lowest BCUT2D eigenvalue weighted by molar-refractivity contribution is -0.130. The summed E-state index contributed by atoms with van der Waals surface area (Å²) in [5.74, 6) is 0.146. The van der Waals surface area contributed by atoms with Crippen molar-refractivity contribution in [2.24, 2.45) is 11.0 Å². The smallest absolute Gasteiger partial charge is 0.262 e. The Bertz CT molecular complexity index is 851. The van der Waals surface area contributed by atoms with Crippen molar-refractivity contribution >= 4 is 34.0 Å². The van der Waals surface area contributed by atoms with Gasteiger partial charge in [-0.25, -0.2) is 5.43 Å². The van der Waals surface area contributed by atoms with Gasteiger partial charge in [0, 0.05) is 4.47 Å². The van der Waals surface area contributed by atoms with Crippen LogP contribution in [-0.2, 0) is 9.59 Å². The average Bonchev–Trinajstić information content (AvgIpc) is 2.68. The van der Waals surface area contributed by atoms with Crippen LogP contribution in [0.25, 0.3) is 0 Å². The summed E-state index contributed by atoms with van der Waals surface area (Å²) in [5.41, 5.74) is 4.30. The zero-order chi connectivity index (χ0) is 21.2. The fourth-order valence-corrected chi connectivity index (χ4v) is 2.86. The summed E-state index contributed by atoms with van der Waals surface area (Å²) >= 11 is 3.37. The van der Waals surface area contributed by atoms with Gasteiger partial charge in [0.2, 0.25) is 0 Å². The second-order valence-electron chi connectivity index (χ2n) is 7.09. The van der Waals surface area contributed by atoms with Crippen molar-refractivity contribution < 1.29 is 14.3 Å². The van der Waals surface area contributed by atoms with E-state index in [2.05, 4.69) is 31.8 Å². The maximum atomic E-state index is 12.5. The number of carbonyl (C=O) groups excluding carboxylic acids is 2. The molecule has 0 spiro atoms. The number of ether oxygens (including phenoxy) is 1. The van der Waals surface area contributed by atoms with Crippen LogP contribution in [0.5, 0.6) is 5.75 Å². The van der Waals surface area contributed by atoms with Crippen molar-refractivity contribution in [2.75, 3.05) is 6.61 Å². The predicted octanol–water partition coefficient (Wildman–Crippen LogP) is 3.82. The Balaban J connectivity index is 1.91. The number of benzene rings is 2. The average molecular weight is 460 g/mol. The van der Waals surface area contributed by atoms with Crippen molar-refractivity contribution in [1.82, 2.24) is 10.7 Å². The van der Waals surface area contributed by atoms with Crippen molar-refractivity contribution in [1.29, 1.82) is 0 Å². The monoisotopic (exact) mass is 459 g/mol. The third kappa shape index (κ3) is 8.07. The molecule has 1 atom stereocenters. The number of rotatable bonds is 9. The number of nitrogens with one attached hydrogen (secondary N) is 2. The zero-order valence-corrected chi connectivity index (χ0v) is 18.4. The van der Waals surface area contributed by atoms with Gasteiger partial charge in [-0.2, -0.15) is 5.10 Å². The summed E-state index contributed by atoms with van der Waals surface area (Å²) < 4.78 is 6.52. The fraction of sp³-hybridized carbons (Fsp3) is 0.318. The van der Waals surface area contributed by atoms with E-state index in [0.717, 1.165) is 15.6 Å². The van der Waals surface area contributed by atoms with E-state index in [9.17, 15) is 9.59 Å². The van der Waals surface area contributed by atoms with Gasteiger partial charge in [0.05, 0.1) is 6.21 Å². The molecular weight excluding hydrogens is 434 g/mol. The first-order chi connectivity index (χ1) is 13.8. The van der Waals surface area contributed by atoms with Crippen LogP contribution in [0.2, 0.25) is 0 Å². The molecule has 0 radical (unpaired) electrons. The Kier molecular flexibility index (Phi) is 8.86. The Morgan fingerprint density at radius 2 is 1.83 bits per heavy atom. The number of aryl methyl sites for hydroxylation is 1. The summed E-state index contributed by atoms with van der Waals surface area (Å²) in [7, 11) is 0. The molecule has 0 aliphatic rings. The maximum Gasteiger partial charge on any atom is 0.262 e. The number of hydrazone groups is 1. The Morgan fingerprint density at radius 1 is 1.14 bits per heavy atom. The standard InChI is InChI=1S/C22H26BrN3O3/c1-15(2)12-19(22(28)26-24-13-17-8-10-18(23)11-9-17)25-21(27)14-29-20-7-5-4-6-16(20)3/h4-11,13,15,19H,12,14H2,1-3H3,(H,25,27)(H,26,28)/b24-13-/t19-/m1/s1. The first-order valence-electron chi connectivity index (χ1n) is 9.41. The molecule has 2 aromatic carbocycles. The van der Waals surface area contributed by atoms with Crippen molar-refractivity contribution in [2.45, 2.75) is 33.2 Å². The minimum Gasteiger partial charge on any atom is -0.484 e. The second kappa shape index (κ2) is 11.4. The van der Waals surface area contributed by atoms with Gasteiger partial charge in [-0.15, -0.1) is 0 Å². The molecule has 2 N–H and O–H groups in total. The van der Waals surface area contributed by atoms with Crippen molar-refractivity contribution in [3.05, 3.63) is 64.1 Å². The highest BCUT2D eigenvalue weighted by atomic mass is 79.9. The largest absolute Gasteiger partial charge is 0.484 e. The topological polar surface area (TPSA) is 79.8 Å². The van der Waals surface area contributed by atoms with Crippen molar-refractivity contribution in [3.8, 4) is 5.75 Å². The van der Waals surface area contributed by atoms with Crippen LogP contribution in [0, 0.1) is 12.8 Å². The Labute approximate surface area is 179 Å². The van der Waals surface area contributed by atoms with Crippen LogP contribution in [0.3, 0.4) is 0 Å². The third-order valence-corrected chi connectivity index (χ3v) is 4.60. The number of hydrogen-bond acceptors (Lipinski definition) is 4. The van der Waals surface area contributed by atoms with E-state index in [1.54, 1.807) is 12.3 Å². The lowest BCUT2D eigenvalue weighted by atomic mass is 10.0. The molecule has 2 rings (SSSR count). The van der Waals surface area contributed by atoms with E-state index in [4.69, 9.17) is 4.74 Å². The molecule has 0 aliphatic carbocycles. The van der Waals surface area contributed by atoms with Crippen LogP contribution in [0.1, 0.15) is 31.4 Å². The van der Waals surface area contributed by atoms with Crippen molar-refractivity contribution in [3.63, 3.8) is 0 Å². The van der Waals surface area contributed by atoms with E-state index in [1.165, 1.54) is 0 Å². The van der Waals surface area contributed by atoms with E-state index < -0.39 is 6.04 Å². The molecule has 0 aliphatic heterocycles. The summed E-state index contributed by atoms with van der Waals surface area (Å²) in [6.45, 7) is 5.73. The Morgan fingerprint density at radius 3 is 2.48 bits per heavy atom. The van der Waals surface area contributed by atoms with E-state index in [0.29, 0.717) is 12.2 Å². The predicted molar refractivity (Wildman–Crippen MR) is 118 cm³/mol. The molecule has 0 unspecified atom stereocenters. The number of amides is 2. The summed E-state index contributed by atoms with van der Waals surface area (Å²) in [4.78, 5) is 24.8. The lowest BCUT2D eigenvalue weighted by Crippen LogP contribution is -2.47. The second-order valence-corrected chi connectivity index (χ2v) is 8.01. The van der Waals surface area contributed by atoms with Crippen LogP contribution >= 0.6 is 15.9 Å². The summed E-state index contributed by atoms with van der Waals surface area (Å²) in [6.07, 6.45) is 2.05.